The first-order valence-corrected chi connectivity index (χ1v) is 28.8. The lowest BCUT2D eigenvalue weighted by molar-refractivity contribution is -0.116. The number of nitrogens with one attached hydrogen (secondary N) is 3. The Morgan fingerprint density at radius 2 is 1.57 bits per heavy atom. The van der Waals surface area contributed by atoms with Crippen LogP contribution in [0.2, 0.25) is 0 Å². The van der Waals surface area contributed by atoms with Gasteiger partial charge in [-0.25, -0.2) is 23.5 Å². The zero-order valence-electron chi connectivity index (χ0n) is 43.6. The monoisotopic (exact) mass is 1180 g/mol. The van der Waals surface area contributed by atoms with Gasteiger partial charge in [0, 0.05) is 50.0 Å². The Morgan fingerprint density at radius 1 is 0.854 bits per heavy atom. The van der Waals surface area contributed by atoms with Gasteiger partial charge < -0.3 is 56.1 Å². The lowest BCUT2D eigenvalue weighted by Gasteiger charge is -2.27. The van der Waals surface area contributed by atoms with Gasteiger partial charge in [-0.15, -0.1) is 0 Å². The molecule has 2 fully saturated rings. The first kappa shape index (κ1) is 60.8. The predicted octanol–water partition coefficient (Wildman–Crippen LogP) is 2.28. The Kier molecular flexibility index (Phi) is 19.8. The van der Waals surface area contributed by atoms with E-state index in [2.05, 4.69) is 20.6 Å². The minimum Gasteiger partial charge on any atom is -0.508 e. The number of aromatic amines is 1. The topological polar surface area (TPSA) is 419 Å². The van der Waals surface area contributed by atoms with Gasteiger partial charge in [0.25, 0.3) is 11.5 Å². The number of benzene rings is 2. The number of ether oxygens (including phenoxy) is 2. The molecule has 4 heterocycles. The number of H-pyrrole nitrogens is 1. The molecule has 82 heavy (non-hydrogen) atoms. The third-order valence-corrected chi connectivity index (χ3v) is 15.5. The number of hydrogen-bond acceptors (Lipinski definition) is 20. The summed E-state index contributed by atoms with van der Waals surface area (Å²) in [7, 11) is -9.64. The number of carbonyl (C=O) groups excluding carboxylic acids is 3. The van der Waals surface area contributed by atoms with Crippen LogP contribution in [-0.2, 0) is 52.7 Å². The van der Waals surface area contributed by atoms with Crippen molar-refractivity contribution in [2.75, 3.05) is 45.3 Å². The van der Waals surface area contributed by atoms with Crippen LogP contribution < -0.4 is 33.3 Å². The summed E-state index contributed by atoms with van der Waals surface area (Å²) in [5.74, 6) is -2.42. The molecule has 2 aromatic carbocycles. The van der Waals surface area contributed by atoms with E-state index in [-0.39, 0.29) is 65.4 Å². The summed E-state index contributed by atoms with van der Waals surface area (Å²) in [5, 5.41) is 46.3. The lowest BCUT2D eigenvalue weighted by atomic mass is 9.76. The summed E-state index contributed by atoms with van der Waals surface area (Å²) in [5.41, 5.74) is 6.48. The van der Waals surface area contributed by atoms with E-state index in [0.29, 0.717) is 66.5 Å². The number of fused-ring (bicyclic) bond motifs is 2. The molecule has 0 spiro atoms. The minimum absolute atomic E-state index is 0.0131. The van der Waals surface area contributed by atoms with Gasteiger partial charge in [-0.3, -0.25) is 51.4 Å². The number of phosphoric acid groups is 2. The average Bonchev–Trinajstić information content (AvgIpc) is 2.28. The van der Waals surface area contributed by atoms with Gasteiger partial charge in [0.2, 0.25) is 5.91 Å². The molecule has 28 nitrogen and oxygen atoms in total. The molecule has 11 N–H and O–H groups in total. The number of carbonyl (C=O) groups is 4. The second-order valence-corrected chi connectivity index (χ2v) is 22.1. The number of aromatic hydroxyl groups is 1. The standard InChI is InChI=1S/C52H59N7O21P2/c53-43-14-17-58(51(69)56-43)45-24-39(63)42(79-45)28-77-81(71,72)75-18-5-19-76-82(73,74)80-40-25-46(78-41(40)27-60)59-26-30(49(66)57-52(59)70)7-13-44(64)54-15-3-1-2-4-16-55-48(65)29-6-10-37(50(67)68)38(23-29)47-35-11-8-33(61)21-31(35)20-32-22-34(62)9-12-36(32)47/h6-14,17,21-23,26,39-42,45-46,60-61,63H,1-5,15-16,18-20,24-25,27-28H2,(H,54,64)(H,55,65)(H,67,68)(H,71,72)(H,73,74)(H2,53,56,69)(H,57,66,70)/b13-7+/t39?,40?,41-,42-,45-,46-/m1/s1. The number of anilines is 1. The number of amides is 2. The van der Waals surface area contributed by atoms with Crippen molar-refractivity contribution in [3.05, 3.63) is 155 Å². The fourth-order valence-electron chi connectivity index (χ4n) is 9.48. The Balaban J connectivity index is 0.741. The molecule has 2 aromatic heterocycles. The Bertz CT molecular complexity index is 3520. The Morgan fingerprint density at radius 3 is 2.30 bits per heavy atom. The predicted molar refractivity (Wildman–Crippen MR) is 288 cm³/mol. The summed E-state index contributed by atoms with van der Waals surface area (Å²) in [6.07, 6.45) is 4.36. The van der Waals surface area contributed by atoms with Crippen molar-refractivity contribution in [2.45, 2.75) is 88.2 Å². The molecule has 4 unspecified atom stereocenters. The van der Waals surface area contributed by atoms with Crippen LogP contribution in [0.25, 0.3) is 11.6 Å². The number of ketones is 1. The van der Waals surface area contributed by atoms with Crippen LogP contribution in [0.1, 0.15) is 100 Å². The van der Waals surface area contributed by atoms with Crippen molar-refractivity contribution in [1.82, 2.24) is 29.7 Å². The number of allylic oxidation sites excluding steroid dienone is 5. The van der Waals surface area contributed by atoms with Gasteiger partial charge in [0.1, 0.15) is 42.3 Å². The zero-order valence-corrected chi connectivity index (χ0v) is 45.4. The van der Waals surface area contributed by atoms with Gasteiger partial charge >= 0.3 is 33.0 Å². The van der Waals surface area contributed by atoms with Gasteiger partial charge in [-0.2, -0.15) is 4.98 Å². The number of aromatic carboxylic acids is 1. The van der Waals surface area contributed by atoms with Crippen LogP contribution in [0.5, 0.6) is 5.75 Å². The SMILES string of the molecule is Nc1ccn([C@H]2CC(O)[C@@H](COP(=O)(O)OCCCOP(=O)(O)OC3C[C@H](n4cc(/C=C/C(=O)NCCCCCCNC(=O)c5ccc(C(=O)O)c(C6=C7C=CC(=O)C=C7Cc7cc(O)ccc76)c5)c(=O)[nH]c4=O)O[C@@H]3CO)O2)c(=O)n1. The summed E-state index contributed by atoms with van der Waals surface area (Å²) >= 11 is 0. The van der Waals surface area contributed by atoms with E-state index in [0.717, 1.165) is 27.5 Å². The highest BCUT2D eigenvalue weighted by Crippen LogP contribution is 2.49. The van der Waals surface area contributed by atoms with Crippen molar-refractivity contribution in [3.63, 3.8) is 0 Å². The first-order chi connectivity index (χ1) is 39.1. The number of unbranched alkanes of at least 4 members (excludes halogenated alkanes) is 3. The number of phosphoric ester groups is 2. The Hall–Kier alpha value is -7.30. The van der Waals surface area contributed by atoms with E-state index in [1.807, 2.05) is 0 Å². The number of hydrogen-bond donors (Lipinski definition) is 10. The van der Waals surface area contributed by atoms with Crippen LogP contribution in [0.15, 0.2) is 105 Å². The average molecular weight is 1180 g/mol. The molecule has 2 aliphatic heterocycles. The summed E-state index contributed by atoms with van der Waals surface area (Å²) in [4.78, 5) is 115. The van der Waals surface area contributed by atoms with Crippen molar-refractivity contribution in [3.8, 4) is 5.75 Å². The van der Waals surface area contributed by atoms with E-state index < -0.39 is 114 Å². The highest BCUT2D eigenvalue weighted by molar-refractivity contribution is 7.47. The van der Waals surface area contributed by atoms with Gasteiger partial charge in [0.05, 0.1) is 43.7 Å². The number of carboxylic acids is 1. The number of nitrogen functional groups attached to an aromatic ring is 1. The number of carboxylic acid groups (broad SMARTS) is 1. The molecule has 4 aliphatic rings. The largest absolute Gasteiger partial charge is 0.508 e. The molecule has 0 saturated carbocycles. The molecule has 8 atom stereocenters. The summed E-state index contributed by atoms with van der Waals surface area (Å²) in [6.45, 7) is -1.82. The van der Waals surface area contributed by atoms with Crippen LogP contribution in [-0.4, -0.2) is 137 Å². The van der Waals surface area contributed by atoms with Crippen LogP contribution >= 0.6 is 15.6 Å². The number of rotatable bonds is 26. The molecule has 2 saturated heterocycles. The van der Waals surface area contributed by atoms with Gasteiger partial charge in [-0.05, 0) is 114 Å². The van der Waals surface area contributed by atoms with E-state index >= 15 is 0 Å². The van der Waals surface area contributed by atoms with E-state index in [1.54, 1.807) is 18.2 Å². The van der Waals surface area contributed by atoms with Crippen molar-refractivity contribution >= 4 is 56.7 Å². The molecule has 438 valence electrons. The van der Waals surface area contributed by atoms with Crippen molar-refractivity contribution in [2.24, 2.45) is 0 Å². The fraction of sp³-hybridized carbons (Fsp3) is 0.385. The van der Waals surface area contributed by atoms with Crippen molar-refractivity contribution in [1.29, 1.82) is 0 Å². The first-order valence-electron chi connectivity index (χ1n) is 25.8. The number of aliphatic hydroxyl groups is 2. The molecule has 4 aromatic rings. The van der Waals surface area contributed by atoms with Crippen LogP contribution in [0, 0.1) is 0 Å². The summed E-state index contributed by atoms with van der Waals surface area (Å²) in [6, 6.07) is 10.4. The second kappa shape index (κ2) is 26.7. The number of phenolic OH excluding ortho intramolecular Hbond substituents is 1. The highest BCUT2D eigenvalue weighted by Gasteiger charge is 2.42. The quantitative estimate of drug-likeness (QED) is 0.0245. The van der Waals surface area contributed by atoms with Gasteiger partial charge in [0.15, 0.2) is 5.78 Å². The lowest BCUT2D eigenvalue weighted by Crippen LogP contribution is -2.33. The molecular formula is C52H59N7O21P2. The van der Waals surface area contributed by atoms with Crippen LogP contribution in [0.4, 0.5) is 5.82 Å². The Labute approximate surface area is 465 Å². The molecule has 30 heteroatoms. The number of aromatic nitrogens is 4. The number of nitrogens with zero attached hydrogens (tertiary/aromatic N) is 3. The normalized spacial score (nSPS) is 21.9. The maximum Gasteiger partial charge on any atom is 0.472 e. The highest BCUT2D eigenvalue weighted by atomic mass is 31.2. The zero-order chi connectivity index (χ0) is 58.9. The number of aliphatic hydroxyl groups excluding tert-OH is 2. The maximum atomic E-state index is 13.4. The molecule has 0 radical (unpaired) electrons. The molecule has 2 aliphatic carbocycles. The fourth-order valence-corrected chi connectivity index (χ4v) is 11.2. The van der Waals surface area contributed by atoms with Crippen LogP contribution in [0.3, 0.4) is 0 Å². The van der Waals surface area contributed by atoms with E-state index in [1.165, 1.54) is 48.7 Å². The number of phenols is 1. The maximum absolute atomic E-state index is 13.4. The minimum atomic E-state index is -4.90. The van der Waals surface area contributed by atoms with Crippen molar-refractivity contribution < 1.29 is 86.1 Å². The smallest absolute Gasteiger partial charge is 0.472 e. The molecule has 8 rings (SSSR count). The second-order valence-electron chi connectivity index (χ2n) is 19.2. The molecule has 0 bridgehead atoms. The molecule has 2 amide bonds. The number of nitrogens with two attached hydrogens (primary N) is 1. The third kappa shape index (κ3) is 15.4. The molecular weight excluding hydrogens is 1120 g/mol. The van der Waals surface area contributed by atoms with Gasteiger partial charge in [-0.1, -0.05) is 25.0 Å². The van der Waals surface area contributed by atoms with E-state index in [4.69, 9.17) is 33.3 Å². The summed E-state index contributed by atoms with van der Waals surface area (Å²) < 4.78 is 58.7. The third-order valence-electron chi connectivity index (χ3n) is 13.5. The van der Waals surface area contributed by atoms with E-state index in [9.17, 15) is 72.9 Å².